The van der Waals surface area contributed by atoms with Gasteiger partial charge in [0.25, 0.3) is 0 Å². The molecule has 2 aliphatic rings. The second-order valence-corrected chi connectivity index (χ2v) is 11.0. The van der Waals surface area contributed by atoms with Gasteiger partial charge in [-0.25, -0.2) is 0 Å². The third-order valence-electron chi connectivity index (χ3n) is 7.58. The lowest BCUT2D eigenvalue weighted by atomic mass is 9.71. The first-order chi connectivity index (χ1) is 15.8. The number of fused-ring (bicyclic) bond motifs is 6. The molecule has 0 fully saturated rings. The van der Waals surface area contributed by atoms with Crippen molar-refractivity contribution in [1.29, 1.82) is 0 Å². The van der Waals surface area contributed by atoms with Gasteiger partial charge in [0.1, 0.15) is 0 Å². The number of para-hydroxylation sites is 1. The fraction of sp³-hybridized carbons (Fsp3) is 0.250. The molecule has 1 heterocycles. The molecule has 0 saturated carbocycles. The van der Waals surface area contributed by atoms with Crippen LogP contribution in [0.3, 0.4) is 0 Å². The van der Waals surface area contributed by atoms with E-state index in [2.05, 4.69) is 131 Å². The number of rotatable bonds is 1. The van der Waals surface area contributed by atoms with Gasteiger partial charge < -0.3 is 4.90 Å². The van der Waals surface area contributed by atoms with Crippen LogP contribution >= 0.6 is 0 Å². The zero-order valence-electron chi connectivity index (χ0n) is 20.2. The molecule has 1 aliphatic heterocycles. The van der Waals surface area contributed by atoms with Crippen LogP contribution < -0.4 is 4.90 Å². The summed E-state index contributed by atoms with van der Waals surface area (Å²) in [6.07, 6.45) is 0. The van der Waals surface area contributed by atoms with E-state index in [0.717, 1.165) is 0 Å². The van der Waals surface area contributed by atoms with Crippen molar-refractivity contribution in [2.45, 2.75) is 51.5 Å². The molecule has 4 aromatic rings. The molecule has 33 heavy (non-hydrogen) atoms. The summed E-state index contributed by atoms with van der Waals surface area (Å²) < 4.78 is 0. The summed E-state index contributed by atoms with van der Waals surface area (Å²) in [5.41, 5.74) is 12.4. The largest absolute Gasteiger partial charge is 0.335 e. The molecule has 0 saturated heterocycles. The molecule has 0 N–H and O–H groups in total. The van der Waals surface area contributed by atoms with Gasteiger partial charge in [-0.2, -0.15) is 0 Å². The third-order valence-corrected chi connectivity index (χ3v) is 7.58. The number of hydrogen-bond donors (Lipinski definition) is 0. The van der Waals surface area contributed by atoms with E-state index in [0.29, 0.717) is 0 Å². The lowest BCUT2D eigenvalue weighted by molar-refractivity contribution is 0.530. The molecule has 0 radical (unpaired) electrons. The van der Waals surface area contributed by atoms with Crippen LogP contribution in [0.15, 0.2) is 91.0 Å². The van der Waals surface area contributed by atoms with Crippen molar-refractivity contribution in [1.82, 2.24) is 0 Å². The van der Waals surface area contributed by atoms with E-state index < -0.39 is 0 Å². The first-order valence-electron chi connectivity index (χ1n) is 12.0. The Morgan fingerprint density at radius 1 is 0.667 bits per heavy atom. The zero-order chi connectivity index (χ0) is 23.0. The smallest absolute Gasteiger partial charge is 0.0540 e. The van der Waals surface area contributed by atoms with Gasteiger partial charge in [0, 0.05) is 28.1 Å². The Hall–Kier alpha value is -3.32. The lowest BCUT2D eigenvalue weighted by Gasteiger charge is -2.48. The summed E-state index contributed by atoms with van der Waals surface area (Å²) >= 11 is 0. The highest BCUT2D eigenvalue weighted by Crippen LogP contribution is 2.59. The van der Waals surface area contributed by atoms with Crippen LogP contribution in [0.25, 0.3) is 11.1 Å². The molecule has 1 atom stereocenters. The highest BCUT2D eigenvalue weighted by Gasteiger charge is 2.44. The van der Waals surface area contributed by atoms with Crippen LogP contribution in [0.2, 0.25) is 0 Å². The summed E-state index contributed by atoms with van der Waals surface area (Å²) in [7, 11) is 0. The van der Waals surface area contributed by atoms with Crippen LogP contribution in [-0.2, 0) is 5.41 Å². The highest BCUT2D eigenvalue weighted by molar-refractivity contribution is 5.96. The van der Waals surface area contributed by atoms with Crippen LogP contribution in [-0.4, -0.2) is 5.54 Å². The Morgan fingerprint density at radius 3 is 2.09 bits per heavy atom. The molecular weight excluding hydrogens is 398 g/mol. The molecule has 0 bridgehead atoms. The lowest BCUT2D eigenvalue weighted by Crippen LogP contribution is -2.44. The van der Waals surface area contributed by atoms with E-state index in [4.69, 9.17) is 0 Å². The first kappa shape index (κ1) is 20.3. The summed E-state index contributed by atoms with van der Waals surface area (Å²) in [4.78, 5) is 2.60. The molecule has 1 nitrogen and oxygen atoms in total. The average molecular weight is 430 g/mol. The first-order valence-corrected chi connectivity index (χ1v) is 12.0. The number of benzene rings is 4. The van der Waals surface area contributed by atoms with Crippen LogP contribution in [0.5, 0.6) is 0 Å². The molecule has 1 heteroatoms. The maximum Gasteiger partial charge on any atom is 0.0540 e. The van der Waals surface area contributed by atoms with Gasteiger partial charge in [0.15, 0.2) is 0 Å². The topological polar surface area (TPSA) is 3.24 Å². The Morgan fingerprint density at radius 2 is 1.33 bits per heavy atom. The predicted octanol–water partition coefficient (Wildman–Crippen LogP) is 8.42. The number of anilines is 2. The maximum atomic E-state index is 2.60. The molecule has 164 valence electrons. The number of nitrogens with zero attached hydrogens (tertiary/aromatic N) is 1. The van der Waals surface area contributed by atoms with Crippen LogP contribution in [0.4, 0.5) is 11.4 Å². The fourth-order valence-electron chi connectivity index (χ4n) is 6.17. The van der Waals surface area contributed by atoms with Gasteiger partial charge in [0.2, 0.25) is 0 Å². The van der Waals surface area contributed by atoms with Gasteiger partial charge in [-0.15, -0.1) is 0 Å². The third kappa shape index (κ3) is 2.78. The molecule has 0 amide bonds. The van der Waals surface area contributed by atoms with Crippen molar-refractivity contribution in [3.05, 3.63) is 119 Å². The van der Waals surface area contributed by atoms with Crippen LogP contribution in [0.1, 0.15) is 68.4 Å². The average Bonchev–Trinajstić information content (AvgIpc) is 3.13. The van der Waals surface area contributed by atoms with Crippen molar-refractivity contribution in [3.8, 4) is 11.1 Å². The van der Waals surface area contributed by atoms with Gasteiger partial charge >= 0.3 is 0 Å². The highest BCUT2D eigenvalue weighted by atomic mass is 15.2. The van der Waals surface area contributed by atoms with E-state index in [1.807, 2.05) is 0 Å². The summed E-state index contributed by atoms with van der Waals surface area (Å²) in [6, 6.07) is 33.8. The molecule has 4 aromatic carbocycles. The van der Waals surface area contributed by atoms with Crippen molar-refractivity contribution in [2.24, 2.45) is 0 Å². The minimum atomic E-state index is -0.0670. The maximum absolute atomic E-state index is 2.60. The van der Waals surface area contributed by atoms with E-state index in [1.165, 1.54) is 50.3 Å². The second-order valence-electron chi connectivity index (χ2n) is 11.0. The summed E-state index contributed by atoms with van der Waals surface area (Å²) in [5.74, 6) is 0.268. The normalized spacial score (nSPS) is 17.7. The molecule has 6 rings (SSSR count). The summed E-state index contributed by atoms with van der Waals surface area (Å²) in [5, 5.41) is 0. The quantitative estimate of drug-likeness (QED) is 0.258. The predicted molar refractivity (Wildman–Crippen MR) is 140 cm³/mol. The van der Waals surface area contributed by atoms with E-state index in [9.17, 15) is 0 Å². The van der Waals surface area contributed by atoms with E-state index in [1.54, 1.807) is 0 Å². The minimum absolute atomic E-state index is 0.0593. The van der Waals surface area contributed by atoms with Crippen molar-refractivity contribution in [3.63, 3.8) is 0 Å². The van der Waals surface area contributed by atoms with Crippen molar-refractivity contribution < 1.29 is 0 Å². The Kier molecular flexibility index (Phi) is 4.21. The van der Waals surface area contributed by atoms with Crippen molar-refractivity contribution in [2.75, 3.05) is 4.90 Å². The molecular formula is C32H31N. The zero-order valence-corrected chi connectivity index (χ0v) is 20.2. The van der Waals surface area contributed by atoms with Crippen molar-refractivity contribution >= 4 is 11.4 Å². The molecule has 0 aromatic heterocycles. The van der Waals surface area contributed by atoms with E-state index in [-0.39, 0.29) is 16.9 Å². The molecule has 0 spiro atoms. The van der Waals surface area contributed by atoms with Gasteiger partial charge in [0.05, 0.1) is 5.69 Å². The molecule has 1 aliphatic carbocycles. The minimum Gasteiger partial charge on any atom is -0.335 e. The monoisotopic (exact) mass is 429 g/mol. The second kappa shape index (κ2) is 6.84. The van der Waals surface area contributed by atoms with Crippen LogP contribution in [0, 0.1) is 0 Å². The Labute approximate surface area is 197 Å². The fourth-order valence-corrected chi connectivity index (χ4v) is 6.17. The SMILES string of the molecule is CC1(C)c2ccccc2N(C(C)(C)C)c2c1ccc1c2-c2ccccc2C1c1ccccc1. The van der Waals surface area contributed by atoms with E-state index >= 15 is 0 Å². The van der Waals surface area contributed by atoms with Gasteiger partial charge in [-0.1, -0.05) is 98.8 Å². The standard InChI is InChI=1S/C32H31N/c1-31(2,3)33-27-18-12-11-17-25(27)32(4,5)26-20-19-24-28(21-13-7-6-8-14-21)22-15-9-10-16-23(22)29(24)30(26)33/h6-20,28H,1-5H3. The molecule has 1 unspecified atom stereocenters. The Bertz CT molecular complexity index is 1370. The number of hydrogen-bond acceptors (Lipinski definition) is 1. The summed E-state index contributed by atoms with van der Waals surface area (Å²) in [6.45, 7) is 11.8. The van der Waals surface area contributed by atoms with Gasteiger partial charge in [-0.05, 0) is 60.2 Å². The van der Waals surface area contributed by atoms with Gasteiger partial charge in [-0.3, -0.25) is 0 Å². The Balaban J connectivity index is 1.73.